The third kappa shape index (κ3) is 3.40. The Labute approximate surface area is 140 Å². The van der Waals surface area contributed by atoms with Crippen LogP contribution in [0.25, 0.3) is 0 Å². The Hall–Kier alpha value is -2.42. The molecular formula is C19H19FN2O2. The molecule has 0 radical (unpaired) electrons. The normalized spacial score (nSPS) is 20.8. The highest BCUT2D eigenvalue weighted by atomic mass is 19.1. The molecule has 1 aliphatic rings. The summed E-state index contributed by atoms with van der Waals surface area (Å²) in [6, 6.07) is 14.1. The van der Waals surface area contributed by atoms with Gasteiger partial charge >= 0.3 is 0 Å². The molecule has 24 heavy (non-hydrogen) atoms. The van der Waals surface area contributed by atoms with E-state index in [1.54, 1.807) is 25.3 Å². The van der Waals surface area contributed by atoms with Gasteiger partial charge in [-0.1, -0.05) is 18.2 Å². The summed E-state index contributed by atoms with van der Waals surface area (Å²) in [4.78, 5) is 2.17. The van der Waals surface area contributed by atoms with E-state index < -0.39 is 6.10 Å². The topological polar surface area (TPSA) is 56.5 Å². The monoisotopic (exact) mass is 326 g/mol. The van der Waals surface area contributed by atoms with Crippen molar-refractivity contribution in [2.75, 3.05) is 13.7 Å². The summed E-state index contributed by atoms with van der Waals surface area (Å²) in [6.07, 6.45) is 0.222. The molecule has 1 heterocycles. The molecule has 1 fully saturated rings. The fourth-order valence-electron chi connectivity index (χ4n) is 3.25. The average molecular weight is 326 g/mol. The van der Waals surface area contributed by atoms with E-state index in [9.17, 15) is 9.50 Å². The standard InChI is InChI=1S/C19H19FN2O2/c1-24-19-8-13(2-3-15(19)10-21)11-22-12-17(23)9-18(22)14-4-6-16(20)7-5-14/h2-8,17-18,23H,9,11-12H2,1H3/t17-,18-/m0/s1. The van der Waals surface area contributed by atoms with Gasteiger partial charge in [0.2, 0.25) is 0 Å². The van der Waals surface area contributed by atoms with Crippen molar-refractivity contribution in [1.29, 1.82) is 5.26 Å². The van der Waals surface area contributed by atoms with Gasteiger partial charge in [-0.3, -0.25) is 4.90 Å². The van der Waals surface area contributed by atoms with E-state index in [0.29, 0.717) is 30.8 Å². The summed E-state index contributed by atoms with van der Waals surface area (Å²) in [5, 5.41) is 19.1. The van der Waals surface area contributed by atoms with E-state index in [-0.39, 0.29) is 11.9 Å². The number of aliphatic hydroxyl groups is 1. The molecule has 0 unspecified atom stereocenters. The van der Waals surface area contributed by atoms with E-state index in [1.165, 1.54) is 12.1 Å². The molecule has 1 aliphatic heterocycles. The molecule has 0 bridgehead atoms. The number of likely N-dealkylation sites (tertiary alicyclic amines) is 1. The molecule has 2 atom stereocenters. The Kier molecular flexibility index (Phi) is 4.79. The lowest BCUT2D eigenvalue weighted by molar-refractivity contribution is 0.172. The van der Waals surface area contributed by atoms with Crippen LogP contribution in [0.2, 0.25) is 0 Å². The van der Waals surface area contributed by atoms with Crippen LogP contribution in [0.1, 0.15) is 29.2 Å². The van der Waals surface area contributed by atoms with Crippen LogP contribution in [0.3, 0.4) is 0 Å². The summed E-state index contributed by atoms with van der Waals surface area (Å²) in [7, 11) is 1.54. The Morgan fingerprint density at radius 1 is 1.29 bits per heavy atom. The third-order valence-electron chi connectivity index (χ3n) is 4.41. The van der Waals surface area contributed by atoms with Gasteiger partial charge in [0, 0.05) is 19.1 Å². The minimum absolute atomic E-state index is 0.0437. The highest BCUT2D eigenvalue weighted by Crippen LogP contribution is 2.34. The molecule has 2 aromatic rings. The molecule has 3 rings (SSSR count). The minimum Gasteiger partial charge on any atom is -0.495 e. The van der Waals surface area contributed by atoms with Crippen molar-refractivity contribution in [1.82, 2.24) is 4.90 Å². The van der Waals surface area contributed by atoms with Crippen molar-refractivity contribution in [3.63, 3.8) is 0 Å². The van der Waals surface area contributed by atoms with Crippen LogP contribution >= 0.6 is 0 Å². The summed E-state index contributed by atoms with van der Waals surface area (Å²) in [5.74, 6) is 0.286. The summed E-state index contributed by atoms with van der Waals surface area (Å²) in [6.45, 7) is 1.19. The van der Waals surface area contributed by atoms with Gasteiger partial charge in [0.15, 0.2) is 0 Å². The molecule has 0 aromatic heterocycles. The number of hydrogen-bond acceptors (Lipinski definition) is 4. The second-order valence-electron chi connectivity index (χ2n) is 6.03. The molecule has 4 nitrogen and oxygen atoms in total. The molecule has 0 spiro atoms. The largest absolute Gasteiger partial charge is 0.495 e. The predicted octanol–water partition coefficient (Wildman–Crippen LogP) is 3.01. The zero-order valence-corrected chi connectivity index (χ0v) is 13.4. The van der Waals surface area contributed by atoms with E-state index in [2.05, 4.69) is 11.0 Å². The van der Waals surface area contributed by atoms with Crippen molar-refractivity contribution in [3.05, 3.63) is 65.0 Å². The maximum Gasteiger partial charge on any atom is 0.136 e. The van der Waals surface area contributed by atoms with Gasteiger partial charge in [-0.15, -0.1) is 0 Å². The second-order valence-corrected chi connectivity index (χ2v) is 6.03. The van der Waals surface area contributed by atoms with Gasteiger partial charge in [0.25, 0.3) is 0 Å². The molecule has 5 heteroatoms. The summed E-state index contributed by atoms with van der Waals surface area (Å²) < 4.78 is 18.4. The number of ether oxygens (including phenoxy) is 1. The Morgan fingerprint density at radius 2 is 2.04 bits per heavy atom. The zero-order valence-electron chi connectivity index (χ0n) is 13.4. The quantitative estimate of drug-likeness (QED) is 0.938. The Bertz CT molecular complexity index is 755. The molecule has 0 aliphatic carbocycles. The highest BCUT2D eigenvalue weighted by molar-refractivity contribution is 5.45. The lowest BCUT2D eigenvalue weighted by Crippen LogP contribution is -2.24. The first-order chi connectivity index (χ1) is 11.6. The minimum atomic E-state index is -0.402. The number of rotatable bonds is 4. The first-order valence-corrected chi connectivity index (χ1v) is 7.85. The number of benzene rings is 2. The number of aliphatic hydroxyl groups excluding tert-OH is 1. The molecule has 2 aromatic carbocycles. The average Bonchev–Trinajstić information content (AvgIpc) is 2.95. The van der Waals surface area contributed by atoms with Gasteiger partial charge < -0.3 is 9.84 Å². The maximum absolute atomic E-state index is 13.1. The smallest absolute Gasteiger partial charge is 0.136 e. The first-order valence-electron chi connectivity index (χ1n) is 7.85. The maximum atomic E-state index is 13.1. The van der Waals surface area contributed by atoms with Gasteiger partial charge in [-0.2, -0.15) is 5.26 Å². The molecular weight excluding hydrogens is 307 g/mol. The van der Waals surface area contributed by atoms with Gasteiger partial charge in [0.1, 0.15) is 17.6 Å². The fraction of sp³-hybridized carbons (Fsp3) is 0.316. The molecule has 0 saturated carbocycles. The first kappa shape index (κ1) is 16.4. The van der Waals surface area contributed by atoms with Crippen LogP contribution in [0.15, 0.2) is 42.5 Å². The fourth-order valence-corrected chi connectivity index (χ4v) is 3.25. The number of nitriles is 1. The lowest BCUT2D eigenvalue weighted by atomic mass is 10.0. The van der Waals surface area contributed by atoms with Crippen LogP contribution in [0.4, 0.5) is 4.39 Å². The highest BCUT2D eigenvalue weighted by Gasteiger charge is 2.32. The van der Waals surface area contributed by atoms with Crippen LogP contribution in [0, 0.1) is 17.1 Å². The van der Waals surface area contributed by atoms with Crippen LogP contribution < -0.4 is 4.74 Å². The SMILES string of the molecule is COc1cc(CN2C[C@@H](O)C[C@H]2c2ccc(F)cc2)ccc1C#N. The van der Waals surface area contributed by atoms with E-state index in [4.69, 9.17) is 10.00 Å². The van der Waals surface area contributed by atoms with Gasteiger partial charge in [-0.05, 0) is 41.8 Å². The van der Waals surface area contributed by atoms with Gasteiger partial charge in [-0.25, -0.2) is 4.39 Å². The van der Waals surface area contributed by atoms with E-state index in [0.717, 1.165) is 11.1 Å². The molecule has 1 saturated heterocycles. The van der Waals surface area contributed by atoms with Crippen LogP contribution in [-0.2, 0) is 6.54 Å². The molecule has 1 N–H and O–H groups in total. The lowest BCUT2D eigenvalue weighted by Gasteiger charge is -2.24. The number of β-amino-alcohol motifs (C(OH)–C–C–N with tert-alkyl or cyclic N) is 1. The zero-order chi connectivity index (χ0) is 17.1. The van der Waals surface area contributed by atoms with Crippen molar-refractivity contribution in [3.8, 4) is 11.8 Å². The Balaban J connectivity index is 1.82. The van der Waals surface area contributed by atoms with Crippen molar-refractivity contribution >= 4 is 0 Å². The summed E-state index contributed by atoms with van der Waals surface area (Å²) >= 11 is 0. The predicted molar refractivity (Wildman–Crippen MR) is 87.9 cm³/mol. The van der Waals surface area contributed by atoms with E-state index in [1.807, 2.05) is 12.1 Å². The van der Waals surface area contributed by atoms with Crippen LogP contribution in [0.5, 0.6) is 5.75 Å². The molecule has 0 amide bonds. The van der Waals surface area contributed by atoms with Crippen molar-refractivity contribution in [2.24, 2.45) is 0 Å². The Morgan fingerprint density at radius 3 is 2.71 bits per heavy atom. The number of halogens is 1. The molecule has 124 valence electrons. The van der Waals surface area contributed by atoms with Gasteiger partial charge in [0.05, 0.1) is 18.8 Å². The van der Waals surface area contributed by atoms with Crippen molar-refractivity contribution in [2.45, 2.75) is 25.1 Å². The number of nitrogens with zero attached hydrogens (tertiary/aromatic N) is 2. The third-order valence-corrected chi connectivity index (χ3v) is 4.41. The summed E-state index contributed by atoms with van der Waals surface area (Å²) in [5.41, 5.74) is 2.50. The van der Waals surface area contributed by atoms with Crippen molar-refractivity contribution < 1.29 is 14.2 Å². The number of methoxy groups -OCH3 is 1. The number of hydrogen-bond donors (Lipinski definition) is 1. The van der Waals surface area contributed by atoms with E-state index >= 15 is 0 Å². The second kappa shape index (κ2) is 7.00. The van der Waals surface area contributed by atoms with Crippen LogP contribution in [-0.4, -0.2) is 29.8 Å².